The molecule has 2 N–H and O–H groups in total. The van der Waals surface area contributed by atoms with Crippen LogP contribution in [0.15, 0.2) is 36.4 Å². The van der Waals surface area contributed by atoms with Gasteiger partial charge in [0.25, 0.3) is 0 Å². The molecule has 0 atom stereocenters. The molecule has 0 saturated heterocycles. The molecule has 2 rings (SSSR count). The fourth-order valence-corrected chi connectivity index (χ4v) is 2.48. The van der Waals surface area contributed by atoms with Gasteiger partial charge in [0, 0.05) is 5.02 Å². The Balaban J connectivity index is 1.93. The number of ether oxygens (including phenoxy) is 2. The molecule has 5 heteroatoms. The molecule has 0 amide bonds. The number of halogens is 1. The van der Waals surface area contributed by atoms with E-state index in [0.717, 1.165) is 5.75 Å². The maximum Gasteiger partial charge on any atom is 0.129 e. The van der Waals surface area contributed by atoms with Gasteiger partial charge in [-0.1, -0.05) is 29.9 Å². The van der Waals surface area contributed by atoms with Crippen molar-refractivity contribution in [2.45, 2.75) is 13.8 Å². The first-order chi connectivity index (χ1) is 10.5. The van der Waals surface area contributed by atoms with E-state index in [1.807, 2.05) is 26.0 Å². The number of hydrogen-bond acceptors (Lipinski definition) is 3. The fourth-order valence-electron chi connectivity index (χ4n) is 2.15. The molecule has 0 spiro atoms. The average molecular weight is 336 g/mol. The van der Waals surface area contributed by atoms with Crippen LogP contribution in [0.5, 0.6) is 11.5 Å². The zero-order valence-electron chi connectivity index (χ0n) is 12.6. The minimum absolute atomic E-state index is 0.257. The highest BCUT2D eigenvalue weighted by Crippen LogP contribution is 2.23. The molecule has 0 saturated carbocycles. The van der Waals surface area contributed by atoms with E-state index < -0.39 is 0 Å². The van der Waals surface area contributed by atoms with Crippen LogP contribution in [-0.4, -0.2) is 18.2 Å². The topological polar surface area (TPSA) is 44.5 Å². The van der Waals surface area contributed by atoms with Gasteiger partial charge in [0.2, 0.25) is 0 Å². The predicted octanol–water partition coefficient (Wildman–Crippen LogP) is 4.05. The first kappa shape index (κ1) is 16.6. The molecular formula is C17H18ClNO2S. The van der Waals surface area contributed by atoms with Crippen LogP contribution in [0, 0.1) is 13.8 Å². The molecule has 0 unspecified atom stereocenters. The van der Waals surface area contributed by atoms with Gasteiger partial charge in [-0.05, 0) is 55.3 Å². The van der Waals surface area contributed by atoms with E-state index in [4.69, 9.17) is 39.0 Å². The Bertz CT molecular complexity index is 668. The van der Waals surface area contributed by atoms with Crippen molar-refractivity contribution in [1.29, 1.82) is 0 Å². The van der Waals surface area contributed by atoms with Crippen molar-refractivity contribution < 1.29 is 9.47 Å². The van der Waals surface area contributed by atoms with Crippen LogP contribution in [0.1, 0.15) is 16.7 Å². The Hall–Kier alpha value is -1.78. The highest BCUT2D eigenvalue weighted by molar-refractivity contribution is 7.80. The van der Waals surface area contributed by atoms with Crippen molar-refractivity contribution >= 4 is 28.8 Å². The minimum Gasteiger partial charge on any atom is -0.490 e. The Morgan fingerprint density at radius 1 is 1.05 bits per heavy atom. The molecule has 0 bridgehead atoms. The van der Waals surface area contributed by atoms with Crippen LogP contribution >= 0.6 is 23.8 Å². The lowest BCUT2D eigenvalue weighted by Gasteiger charge is -2.12. The normalized spacial score (nSPS) is 10.3. The summed E-state index contributed by atoms with van der Waals surface area (Å²) in [5, 5.41) is 0.571. The summed E-state index contributed by atoms with van der Waals surface area (Å²) in [4.78, 5) is 0.257. The number of aryl methyl sites for hydroxylation is 2. The van der Waals surface area contributed by atoms with Crippen LogP contribution in [0.25, 0.3) is 0 Å². The SMILES string of the molecule is Cc1cc(C)cc(OCCOc2ccc(Cl)cc2C(N)=S)c1. The number of benzene rings is 2. The predicted molar refractivity (Wildman–Crippen MR) is 94.2 cm³/mol. The monoisotopic (exact) mass is 335 g/mol. The molecule has 2 aromatic rings. The van der Waals surface area contributed by atoms with Crippen LogP contribution in [0.2, 0.25) is 5.02 Å². The lowest BCUT2D eigenvalue weighted by atomic mass is 10.1. The molecule has 0 aromatic heterocycles. The van der Waals surface area contributed by atoms with E-state index in [2.05, 4.69) is 6.07 Å². The second-order valence-electron chi connectivity index (χ2n) is 5.03. The Kier molecular flexibility index (Phi) is 5.63. The number of hydrogen-bond donors (Lipinski definition) is 1. The smallest absolute Gasteiger partial charge is 0.129 e. The first-order valence-electron chi connectivity index (χ1n) is 6.89. The summed E-state index contributed by atoms with van der Waals surface area (Å²) in [7, 11) is 0. The maximum absolute atomic E-state index is 5.94. The van der Waals surface area contributed by atoms with Crippen molar-refractivity contribution in [3.8, 4) is 11.5 Å². The molecule has 3 nitrogen and oxygen atoms in total. The van der Waals surface area contributed by atoms with E-state index in [-0.39, 0.29) is 4.99 Å². The summed E-state index contributed by atoms with van der Waals surface area (Å²) in [6, 6.07) is 11.3. The molecule has 2 aromatic carbocycles. The van der Waals surface area contributed by atoms with Gasteiger partial charge < -0.3 is 15.2 Å². The van der Waals surface area contributed by atoms with Crippen LogP contribution in [0.4, 0.5) is 0 Å². The molecule has 0 fully saturated rings. The summed E-state index contributed by atoms with van der Waals surface area (Å²) < 4.78 is 11.4. The Labute approximate surface area is 141 Å². The Morgan fingerprint density at radius 2 is 1.68 bits per heavy atom. The number of thiocarbonyl (C=S) groups is 1. The van der Waals surface area contributed by atoms with Crippen LogP contribution in [-0.2, 0) is 0 Å². The van der Waals surface area contributed by atoms with Gasteiger partial charge >= 0.3 is 0 Å². The van der Waals surface area contributed by atoms with Crippen molar-refractivity contribution in [3.63, 3.8) is 0 Å². The second-order valence-corrected chi connectivity index (χ2v) is 5.90. The molecule has 22 heavy (non-hydrogen) atoms. The highest BCUT2D eigenvalue weighted by atomic mass is 35.5. The molecule has 0 aliphatic heterocycles. The highest BCUT2D eigenvalue weighted by Gasteiger charge is 2.07. The lowest BCUT2D eigenvalue weighted by Crippen LogP contribution is -2.14. The van der Waals surface area contributed by atoms with Gasteiger partial charge in [-0.2, -0.15) is 0 Å². The van der Waals surface area contributed by atoms with E-state index in [9.17, 15) is 0 Å². The van der Waals surface area contributed by atoms with Crippen LogP contribution < -0.4 is 15.2 Å². The number of nitrogens with two attached hydrogens (primary N) is 1. The largest absolute Gasteiger partial charge is 0.490 e. The molecule has 0 aliphatic rings. The average Bonchev–Trinajstić information content (AvgIpc) is 2.43. The molecule has 0 heterocycles. The van der Waals surface area contributed by atoms with Crippen LogP contribution in [0.3, 0.4) is 0 Å². The quantitative estimate of drug-likeness (QED) is 0.639. The standard InChI is InChI=1S/C17H18ClNO2S/c1-11-7-12(2)9-14(8-11)20-5-6-21-16-4-3-13(18)10-15(16)17(19)22/h3-4,7-10H,5-6H2,1-2H3,(H2,19,22). The summed E-state index contributed by atoms with van der Waals surface area (Å²) in [5.41, 5.74) is 8.65. The lowest BCUT2D eigenvalue weighted by molar-refractivity contribution is 0.217. The van der Waals surface area contributed by atoms with E-state index in [1.54, 1.807) is 18.2 Å². The summed E-state index contributed by atoms with van der Waals surface area (Å²) >= 11 is 10.9. The first-order valence-corrected chi connectivity index (χ1v) is 7.67. The van der Waals surface area contributed by atoms with E-state index in [1.165, 1.54) is 11.1 Å². The van der Waals surface area contributed by atoms with Crippen molar-refractivity contribution in [1.82, 2.24) is 0 Å². The van der Waals surface area contributed by atoms with Gasteiger partial charge in [0.1, 0.15) is 29.7 Å². The van der Waals surface area contributed by atoms with Crippen molar-refractivity contribution in [3.05, 3.63) is 58.1 Å². The fraction of sp³-hybridized carbons (Fsp3) is 0.235. The van der Waals surface area contributed by atoms with Crippen molar-refractivity contribution in [2.24, 2.45) is 5.73 Å². The van der Waals surface area contributed by atoms with Gasteiger partial charge in [0.15, 0.2) is 0 Å². The molecular weight excluding hydrogens is 318 g/mol. The third kappa shape index (κ3) is 4.61. The maximum atomic E-state index is 5.94. The summed E-state index contributed by atoms with van der Waals surface area (Å²) in [6.45, 7) is 4.91. The van der Waals surface area contributed by atoms with E-state index in [0.29, 0.717) is 29.5 Å². The molecule has 0 radical (unpaired) electrons. The molecule has 116 valence electrons. The molecule has 0 aliphatic carbocycles. The van der Waals surface area contributed by atoms with Gasteiger partial charge in [0.05, 0.1) is 5.56 Å². The van der Waals surface area contributed by atoms with E-state index >= 15 is 0 Å². The third-order valence-corrected chi connectivity index (χ3v) is 3.47. The summed E-state index contributed by atoms with van der Waals surface area (Å²) in [6.07, 6.45) is 0. The van der Waals surface area contributed by atoms with Gasteiger partial charge in [-0.3, -0.25) is 0 Å². The van der Waals surface area contributed by atoms with Crippen molar-refractivity contribution in [2.75, 3.05) is 13.2 Å². The number of rotatable bonds is 6. The van der Waals surface area contributed by atoms with Gasteiger partial charge in [-0.25, -0.2) is 0 Å². The minimum atomic E-state index is 0.257. The zero-order chi connectivity index (χ0) is 16.1. The summed E-state index contributed by atoms with van der Waals surface area (Å²) in [5.74, 6) is 1.45. The zero-order valence-corrected chi connectivity index (χ0v) is 14.1. The Morgan fingerprint density at radius 3 is 2.32 bits per heavy atom. The third-order valence-electron chi connectivity index (χ3n) is 3.01. The van der Waals surface area contributed by atoms with Gasteiger partial charge in [-0.15, -0.1) is 0 Å². The second kappa shape index (κ2) is 7.47.